The molecule has 0 aromatic carbocycles. The molecule has 9 heteroatoms. The van der Waals surface area contributed by atoms with Crippen LogP contribution in [-0.4, -0.2) is 51.4 Å². The molecule has 0 saturated heterocycles. The SMILES string of the molecule is [Cl][Ru]([Cl])([Cl])([Cl])[Cl].[K].[N-]=O. The van der Waals surface area contributed by atoms with Gasteiger partial charge in [0.1, 0.15) is 0 Å². The van der Waals surface area contributed by atoms with Crippen LogP contribution >= 0.6 is 48.5 Å². The predicted molar refractivity (Wildman–Crippen MR) is 41.7 cm³/mol. The van der Waals surface area contributed by atoms with Crippen molar-refractivity contribution in [2.45, 2.75) is 0 Å². The van der Waals surface area contributed by atoms with Crippen LogP contribution in [0.4, 0.5) is 0 Å². The summed E-state index contributed by atoms with van der Waals surface area (Å²) in [6, 6.07) is 0. The summed E-state index contributed by atoms with van der Waals surface area (Å²) in [6.45, 7) is 0. The Bertz CT molecular complexity index is 59.8. The van der Waals surface area contributed by atoms with E-state index in [9.17, 15) is 0 Å². The normalized spacial score (nSPS) is 13.2. The fourth-order valence-electron chi connectivity index (χ4n) is 0. The minimum Gasteiger partial charge on any atom is -0.577 e. The molecule has 0 unspecified atom stereocenters. The van der Waals surface area contributed by atoms with Crippen molar-refractivity contribution in [1.29, 1.82) is 0 Å². The van der Waals surface area contributed by atoms with Crippen LogP contribution in [0.25, 0.3) is 5.59 Å². The molecular formula is Cl5KNORu-. The molecule has 2 nitrogen and oxygen atoms in total. The summed E-state index contributed by atoms with van der Waals surface area (Å²) in [5, 5.41) is 0. The number of nitrogens with zero attached hydrogens (tertiary/aromatic N) is 1. The molecule has 0 bridgehead atoms. The van der Waals surface area contributed by atoms with Crippen LogP contribution in [-0.2, 0) is 8.65 Å². The number of rotatable bonds is 0. The third-order valence-corrected chi connectivity index (χ3v) is 0. The van der Waals surface area contributed by atoms with Crippen molar-refractivity contribution >= 4 is 99.8 Å². The van der Waals surface area contributed by atoms with E-state index in [0.717, 1.165) is 0 Å². The Hall–Kier alpha value is 3.31. The smallest absolute Gasteiger partial charge is 0 e. The van der Waals surface area contributed by atoms with Crippen molar-refractivity contribution in [3.63, 3.8) is 0 Å². The zero-order valence-corrected chi connectivity index (χ0v) is 12.7. The first kappa shape index (κ1) is 18.2. The van der Waals surface area contributed by atoms with Gasteiger partial charge in [-0.25, -0.2) is 0 Å². The van der Waals surface area contributed by atoms with Crippen LogP contribution < -0.4 is 0 Å². The molecule has 0 N–H and O–H groups in total. The average molecular weight is 347 g/mol. The zero-order chi connectivity index (χ0) is 7.45. The molecule has 9 heavy (non-hydrogen) atoms. The Labute approximate surface area is 116 Å². The molecule has 0 heterocycles. The van der Waals surface area contributed by atoms with E-state index in [4.69, 9.17) is 59.0 Å². The van der Waals surface area contributed by atoms with Gasteiger partial charge < -0.3 is 10.5 Å². The van der Waals surface area contributed by atoms with E-state index in [1.165, 1.54) is 0 Å². The molecular weight excluding hydrogens is 347 g/mol. The third-order valence-electron chi connectivity index (χ3n) is 0. The Balaban J connectivity index is -0.000000109. The summed E-state index contributed by atoms with van der Waals surface area (Å²) in [4.78, 5) is 7.25. The first-order chi connectivity index (χ1) is 3.24. The maximum atomic E-state index is 7.25. The number of hydrogen-bond acceptors (Lipinski definition) is 1. The largest absolute Gasteiger partial charge is 0.577 e. The van der Waals surface area contributed by atoms with Crippen molar-refractivity contribution in [3.05, 3.63) is 10.5 Å². The molecule has 1 radical (unpaired) electrons. The standard InChI is InChI=1S/5ClH.K.NO.Ru/c;;;;;;1-2;/h5*1H;;;/q;;;;;;-1;+5/p-5. The fourth-order valence-corrected chi connectivity index (χ4v) is 0. The Kier molecular flexibility index (Phi) is 13.7. The molecule has 0 fully saturated rings. The van der Waals surface area contributed by atoms with Crippen molar-refractivity contribution < 1.29 is 8.65 Å². The Morgan fingerprint density at radius 3 is 0.889 bits per heavy atom. The van der Waals surface area contributed by atoms with Gasteiger partial charge in [0.2, 0.25) is 0 Å². The van der Waals surface area contributed by atoms with E-state index in [0.29, 0.717) is 0 Å². The summed E-state index contributed by atoms with van der Waals surface area (Å²) in [6.07, 6.45) is 0. The molecule has 0 spiro atoms. The van der Waals surface area contributed by atoms with Crippen LogP contribution in [0.2, 0.25) is 0 Å². The van der Waals surface area contributed by atoms with E-state index in [1.54, 1.807) is 0 Å². The van der Waals surface area contributed by atoms with Crippen LogP contribution in [0.15, 0.2) is 0 Å². The van der Waals surface area contributed by atoms with Crippen LogP contribution in [0.1, 0.15) is 0 Å². The molecule has 56 valence electrons. The molecule has 0 saturated carbocycles. The topological polar surface area (TPSA) is 39.4 Å². The van der Waals surface area contributed by atoms with Gasteiger partial charge in [-0.05, 0) is 0 Å². The van der Waals surface area contributed by atoms with Crippen LogP contribution in [0.5, 0.6) is 0 Å². The summed E-state index contributed by atoms with van der Waals surface area (Å²) in [7, 11) is 21.0. The quantitative estimate of drug-likeness (QED) is 0.619. The second-order valence-corrected chi connectivity index (χ2v) is 26.9. The molecule has 0 aliphatic heterocycles. The molecule has 0 aliphatic rings. The van der Waals surface area contributed by atoms with Crippen molar-refractivity contribution in [2.24, 2.45) is 0 Å². The molecule has 0 atom stereocenters. The van der Waals surface area contributed by atoms with Crippen molar-refractivity contribution in [2.75, 3.05) is 0 Å². The van der Waals surface area contributed by atoms with Gasteiger partial charge in [0.25, 0.3) is 0 Å². The molecule has 0 amide bonds. The van der Waals surface area contributed by atoms with Crippen molar-refractivity contribution in [1.82, 2.24) is 0 Å². The predicted octanol–water partition coefficient (Wildman–Crippen LogP) is 3.39. The van der Waals surface area contributed by atoms with E-state index in [-0.39, 0.29) is 51.4 Å². The van der Waals surface area contributed by atoms with Gasteiger partial charge in [0.05, 0.1) is 0 Å². The van der Waals surface area contributed by atoms with Crippen LogP contribution in [0.3, 0.4) is 0 Å². The van der Waals surface area contributed by atoms with E-state index < -0.39 is 8.65 Å². The fraction of sp³-hybridized carbons (Fsp3) is 0. The zero-order valence-electron chi connectivity index (χ0n) is 4.10. The van der Waals surface area contributed by atoms with Gasteiger partial charge in [0.15, 0.2) is 0 Å². The number of hydrogen-bond donors (Lipinski definition) is 0. The summed E-state index contributed by atoms with van der Waals surface area (Å²) < 4.78 is 0. The monoisotopic (exact) mass is 346 g/mol. The second-order valence-electron chi connectivity index (χ2n) is 0.505. The summed E-state index contributed by atoms with van der Waals surface area (Å²) >= 11 is 0. The molecule has 0 rings (SSSR count). The Morgan fingerprint density at radius 1 is 0.889 bits per heavy atom. The van der Waals surface area contributed by atoms with Gasteiger partial charge in [-0.1, -0.05) is 0 Å². The number of nitroso groups, excluding NO2 is 1. The maximum absolute atomic E-state index is 7.25. The van der Waals surface area contributed by atoms with Gasteiger partial charge >= 0.3 is 57.1 Å². The van der Waals surface area contributed by atoms with Crippen LogP contribution in [0, 0.1) is 4.91 Å². The van der Waals surface area contributed by atoms with E-state index >= 15 is 0 Å². The molecule has 0 aromatic heterocycles. The minimum absolute atomic E-state index is 0. The van der Waals surface area contributed by atoms with Gasteiger partial charge in [0, 0.05) is 51.4 Å². The van der Waals surface area contributed by atoms with E-state index in [2.05, 4.69) is 0 Å². The molecule has 0 aliphatic carbocycles. The first-order valence-corrected chi connectivity index (χ1v) is 12.0. The second kappa shape index (κ2) is 6.79. The van der Waals surface area contributed by atoms with E-state index in [1.807, 2.05) is 0 Å². The summed E-state index contributed by atoms with van der Waals surface area (Å²) in [5.41, 5.74) is 5.75. The van der Waals surface area contributed by atoms with Gasteiger partial charge in [-0.2, -0.15) is 0 Å². The van der Waals surface area contributed by atoms with Gasteiger partial charge in [-0.3, -0.25) is 0 Å². The van der Waals surface area contributed by atoms with Crippen molar-refractivity contribution in [3.8, 4) is 0 Å². The maximum Gasteiger partial charge on any atom is 0 e. The summed E-state index contributed by atoms with van der Waals surface area (Å²) in [5.74, 6) is 0. The Morgan fingerprint density at radius 2 is 0.889 bits per heavy atom. The van der Waals surface area contributed by atoms with Gasteiger partial charge in [-0.15, -0.1) is 0 Å². The average Bonchev–Trinajstić information content (AvgIpc) is 1.33. The third kappa shape index (κ3) is 89.5. The molecule has 0 aromatic rings. The number of halogens is 5. The first-order valence-electron chi connectivity index (χ1n) is 0.851. The minimum atomic E-state index is -4.11.